The number of aryl methyl sites for hydroxylation is 1. The molecule has 2 aromatic heterocycles. The van der Waals surface area contributed by atoms with Crippen molar-refractivity contribution in [3.05, 3.63) is 58.8 Å². The first kappa shape index (κ1) is 18.3. The lowest BCUT2D eigenvalue weighted by Gasteiger charge is -2.15. The Morgan fingerprint density at radius 2 is 1.88 bits per heavy atom. The normalized spacial score (nSPS) is 11.8. The van der Waals surface area contributed by atoms with Crippen molar-refractivity contribution in [3.63, 3.8) is 0 Å². The number of aromatic nitrogens is 3. The Bertz CT molecular complexity index is 888. The maximum Gasteiger partial charge on any atom is 0.225 e. The quantitative estimate of drug-likeness (QED) is 0.562. The van der Waals surface area contributed by atoms with Crippen LogP contribution in [0.4, 0.5) is 17.5 Å². The lowest BCUT2D eigenvalue weighted by atomic mass is 10.2. The van der Waals surface area contributed by atoms with Gasteiger partial charge in [-0.3, -0.25) is 4.98 Å². The molecule has 6 nitrogen and oxygen atoms in total. The van der Waals surface area contributed by atoms with Gasteiger partial charge in [0.2, 0.25) is 5.95 Å². The van der Waals surface area contributed by atoms with E-state index in [0.717, 1.165) is 27.0 Å². The Hall–Kier alpha value is -2.51. The highest BCUT2D eigenvalue weighted by Gasteiger charge is 2.10. The Morgan fingerprint density at radius 1 is 1.12 bits per heavy atom. The van der Waals surface area contributed by atoms with Crippen LogP contribution < -0.4 is 10.6 Å². The van der Waals surface area contributed by atoms with Crippen molar-refractivity contribution < 1.29 is 5.11 Å². The topological polar surface area (TPSA) is 83.0 Å². The fourth-order valence-electron chi connectivity index (χ4n) is 2.42. The van der Waals surface area contributed by atoms with Gasteiger partial charge in [-0.25, -0.2) is 4.98 Å². The number of anilines is 3. The summed E-state index contributed by atoms with van der Waals surface area (Å²) in [6, 6.07) is 11.6. The van der Waals surface area contributed by atoms with Gasteiger partial charge in [-0.05, 0) is 49.7 Å². The van der Waals surface area contributed by atoms with Crippen LogP contribution in [0.5, 0.6) is 0 Å². The SMILES string of the molecule is Cc1cc(Br)ccc1Nc1cc(-c2ccncc2)nc(N[C@H](C)CO)n1. The van der Waals surface area contributed by atoms with Crippen LogP contribution in [0, 0.1) is 6.92 Å². The molecule has 0 saturated carbocycles. The summed E-state index contributed by atoms with van der Waals surface area (Å²) in [4.78, 5) is 13.1. The summed E-state index contributed by atoms with van der Waals surface area (Å²) in [7, 11) is 0. The molecule has 26 heavy (non-hydrogen) atoms. The summed E-state index contributed by atoms with van der Waals surface area (Å²) in [6.07, 6.45) is 3.46. The van der Waals surface area contributed by atoms with Crippen molar-refractivity contribution >= 4 is 33.4 Å². The van der Waals surface area contributed by atoms with E-state index in [9.17, 15) is 5.11 Å². The van der Waals surface area contributed by atoms with Crippen LogP contribution in [-0.2, 0) is 0 Å². The zero-order chi connectivity index (χ0) is 18.5. The number of hydrogen-bond donors (Lipinski definition) is 3. The van der Waals surface area contributed by atoms with E-state index in [-0.39, 0.29) is 12.6 Å². The van der Waals surface area contributed by atoms with E-state index in [0.29, 0.717) is 11.8 Å². The third-order valence-corrected chi connectivity index (χ3v) is 4.30. The smallest absolute Gasteiger partial charge is 0.225 e. The molecule has 0 bridgehead atoms. The predicted molar refractivity (Wildman–Crippen MR) is 108 cm³/mol. The second-order valence-corrected chi connectivity index (χ2v) is 6.93. The van der Waals surface area contributed by atoms with Crippen molar-refractivity contribution in [2.24, 2.45) is 0 Å². The van der Waals surface area contributed by atoms with Crippen LogP contribution in [0.2, 0.25) is 0 Å². The average molecular weight is 414 g/mol. The average Bonchev–Trinajstić information content (AvgIpc) is 2.64. The fraction of sp³-hybridized carbons (Fsp3) is 0.211. The molecule has 0 aliphatic rings. The number of halogens is 1. The van der Waals surface area contributed by atoms with Gasteiger partial charge in [0.25, 0.3) is 0 Å². The highest BCUT2D eigenvalue weighted by atomic mass is 79.9. The molecule has 0 unspecified atom stereocenters. The summed E-state index contributed by atoms with van der Waals surface area (Å²) in [5.74, 6) is 1.13. The molecule has 0 amide bonds. The molecule has 134 valence electrons. The molecule has 0 aliphatic carbocycles. The molecule has 0 spiro atoms. The summed E-state index contributed by atoms with van der Waals surface area (Å²) in [6.45, 7) is 3.90. The molecule has 7 heteroatoms. The van der Waals surface area contributed by atoms with E-state index >= 15 is 0 Å². The summed E-state index contributed by atoms with van der Waals surface area (Å²) >= 11 is 3.48. The molecule has 1 atom stereocenters. The maximum atomic E-state index is 9.30. The Balaban J connectivity index is 1.98. The molecular weight excluding hydrogens is 394 g/mol. The second-order valence-electron chi connectivity index (χ2n) is 6.01. The predicted octanol–water partition coefficient (Wildman–Crippen LogP) is 4.15. The van der Waals surface area contributed by atoms with Gasteiger partial charge in [0.15, 0.2) is 0 Å². The summed E-state index contributed by atoms with van der Waals surface area (Å²) < 4.78 is 1.03. The Labute approximate surface area is 160 Å². The zero-order valence-corrected chi connectivity index (χ0v) is 16.2. The van der Waals surface area contributed by atoms with Crippen LogP contribution in [0.3, 0.4) is 0 Å². The minimum atomic E-state index is -0.148. The molecule has 3 rings (SSSR count). The third-order valence-electron chi connectivity index (χ3n) is 3.80. The van der Waals surface area contributed by atoms with Crippen LogP contribution >= 0.6 is 15.9 Å². The number of nitrogens with one attached hydrogen (secondary N) is 2. The molecule has 3 aromatic rings. The van der Waals surface area contributed by atoms with Gasteiger partial charge in [-0.15, -0.1) is 0 Å². The molecule has 3 N–H and O–H groups in total. The minimum absolute atomic E-state index is 0.00255. The van der Waals surface area contributed by atoms with Crippen LogP contribution in [-0.4, -0.2) is 32.7 Å². The number of pyridine rings is 1. The largest absolute Gasteiger partial charge is 0.394 e. The standard InChI is InChI=1S/C19H20BrN5O/c1-12-9-15(20)3-4-16(12)23-18-10-17(14-5-7-21-8-6-14)24-19(25-18)22-13(2)11-26/h3-10,13,26H,11H2,1-2H3,(H2,22,23,24,25)/t13-/m1/s1. The second kappa shape index (κ2) is 8.25. The Morgan fingerprint density at radius 3 is 2.58 bits per heavy atom. The van der Waals surface area contributed by atoms with Gasteiger partial charge in [0, 0.05) is 40.2 Å². The molecule has 1 aromatic carbocycles. The Kier molecular flexibility index (Phi) is 5.80. The van der Waals surface area contributed by atoms with Gasteiger partial charge in [-0.2, -0.15) is 4.98 Å². The van der Waals surface area contributed by atoms with Crippen molar-refractivity contribution in [2.45, 2.75) is 19.9 Å². The number of aliphatic hydroxyl groups is 1. The number of hydrogen-bond acceptors (Lipinski definition) is 6. The molecule has 0 fully saturated rings. The molecule has 0 radical (unpaired) electrons. The molecular formula is C19H20BrN5O. The lowest BCUT2D eigenvalue weighted by Crippen LogP contribution is -2.21. The molecule has 2 heterocycles. The highest BCUT2D eigenvalue weighted by Crippen LogP contribution is 2.26. The van der Waals surface area contributed by atoms with Crippen molar-refractivity contribution in [3.8, 4) is 11.3 Å². The van der Waals surface area contributed by atoms with Gasteiger partial charge in [0.1, 0.15) is 5.82 Å². The zero-order valence-electron chi connectivity index (χ0n) is 14.6. The van der Waals surface area contributed by atoms with E-state index in [4.69, 9.17) is 0 Å². The van der Waals surface area contributed by atoms with Crippen LogP contribution in [0.25, 0.3) is 11.3 Å². The first-order chi connectivity index (χ1) is 12.5. The number of aliphatic hydroxyl groups excluding tert-OH is 1. The van der Waals surface area contributed by atoms with Gasteiger partial charge in [-0.1, -0.05) is 15.9 Å². The number of rotatable bonds is 6. The van der Waals surface area contributed by atoms with E-state index in [1.165, 1.54) is 0 Å². The first-order valence-corrected chi connectivity index (χ1v) is 9.04. The number of benzene rings is 1. The van der Waals surface area contributed by atoms with Crippen LogP contribution in [0.15, 0.2) is 53.3 Å². The maximum absolute atomic E-state index is 9.30. The van der Waals surface area contributed by atoms with Gasteiger partial charge < -0.3 is 15.7 Å². The van der Waals surface area contributed by atoms with Crippen molar-refractivity contribution in [2.75, 3.05) is 17.2 Å². The summed E-state index contributed by atoms with van der Waals surface area (Å²) in [5.41, 5.74) is 3.78. The molecule has 0 saturated heterocycles. The summed E-state index contributed by atoms with van der Waals surface area (Å²) in [5, 5.41) is 15.8. The van der Waals surface area contributed by atoms with Crippen LogP contribution in [0.1, 0.15) is 12.5 Å². The molecule has 0 aliphatic heterocycles. The third kappa shape index (κ3) is 4.56. The van der Waals surface area contributed by atoms with Gasteiger partial charge >= 0.3 is 0 Å². The van der Waals surface area contributed by atoms with Gasteiger partial charge in [0.05, 0.1) is 12.3 Å². The van der Waals surface area contributed by atoms with E-state index in [2.05, 4.69) is 41.5 Å². The number of nitrogens with zero attached hydrogens (tertiary/aromatic N) is 3. The van der Waals surface area contributed by atoms with E-state index in [1.807, 2.05) is 50.2 Å². The van der Waals surface area contributed by atoms with Crippen molar-refractivity contribution in [1.82, 2.24) is 15.0 Å². The van der Waals surface area contributed by atoms with E-state index in [1.54, 1.807) is 12.4 Å². The lowest BCUT2D eigenvalue weighted by molar-refractivity contribution is 0.281. The fourth-order valence-corrected chi connectivity index (χ4v) is 2.89. The first-order valence-electron chi connectivity index (χ1n) is 8.25. The highest BCUT2D eigenvalue weighted by molar-refractivity contribution is 9.10. The minimum Gasteiger partial charge on any atom is -0.394 e. The van der Waals surface area contributed by atoms with Crippen molar-refractivity contribution in [1.29, 1.82) is 0 Å². The monoisotopic (exact) mass is 413 g/mol. The van der Waals surface area contributed by atoms with E-state index < -0.39 is 0 Å².